The van der Waals surface area contributed by atoms with Gasteiger partial charge in [0.05, 0.1) is 35.1 Å². The van der Waals surface area contributed by atoms with Crippen molar-refractivity contribution in [1.82, 2.24) is 30.4 Å². The molecule has 3 aliphatic rings. The van der Waals surface area contributed by atoms with Gasteiger partial charge < -0.3 is 15.0 Å². The first-order valence-corrected chi connectivity index (χ1v) is 14.7. The van der Waals surface area contributed by atoms with Crippen LogP contribution in [-0.4, -0.2) is 83.1 Å². The summed E-state index contributed by atoms with van der Waals surface area (Å²) in [5, 5.41) is 12.0. The third-order valence-electron chi connectivity index (χ3n) is 8.33. The van der Waals surface area contributed by atoms with E-state index >= 15 is 0 Å². The van der Waals surface area contributed by atoms with Gasteiger partial charge in [-0.05, 0) is 63.9 Å². The molecule has 3 fully saturated rings. The Morgan fingerprint density at radius 2 is 1.92 bits per heavy atom. The highest BCUT2D eigenvalue weighted by Gasteiger charge is 2.30. The lowest BCUT2D eigenvalue weighted by molar-refractivity contribution is 0.0767. The summed E-state index contributed by atoms with van der Waals surface area (Å²) in [5.41, 5.74) is 3.10. The Bertz CT molecular complexity index is 1370. The van der Waals surface area contributed by atoms with Gasteiger partial charge in [-0.2, -0.15) is 5.10 Å². The number of thiophene rings is 1. The molecule has 0 unspecified atom stereocenters. The number of likely N-dealkylation sites (tertiary alicyclic amines) is 1. The number of aromatic nitrogens is 4. The summed E-state index contributed by atoms with van der Waals surface area (Å²) in [7, 11) is 0. The normalized spacial score (nSPS) is 22.3. The number of morpholine rings is 1. The van der Waals surface area contributed by atoms with Gasteiger partial charge in [-0.15, -0.1) is 11.3 Å². The molecule has 0 saturated carbocycles. The minimum Gasteiger partial charge on any atom is -0.378 e. The maximum absolute atomic E-state index is 5.67. The molecule has 3 aliphatic heterocycles. The Morgan fingerprint density at radius 3 is 2.81 bits per heavy atom. The Hall–Kier alpha value is -2.59. The van der Waals surface area contributed by atoms with E-state index in [-0.39, 0.29) is 0 Å². The molecular formula is C28H35N7OS. The lowest BCUT2D eigenvalue weighted by Crippen LogP contribution is -2.50. The van der Waals surface area contributed by atoms with Crippen LogP contribution in [0.3, 0.4) is 0 Å². The minimum absolute atomic E-state index is 0.629. The molecule has 0 aliphatic carbocycles. The summed E-state index contributed by atoms with van der Waals surface area (Å²) >= 11 is 1.90. The van der Waals surface area contributed by atoms with Crippen LogP contribution in [0.25, 0.3) is 32.5 Å². The molecule has 0 amide bonds. The molecule has 1 aromatic carbocycles. The first kappa shape index (κ1) is 23.5. The van der Waals surface area contributed by atoms with Crippen molar-refractivity contribution in [2.75, 3.05) is 50.8 Å². The second-order valence-corrected chi connectivity index (χ2v) is 11.7. The van der Waals surface area contributed by atoms with Gasteiger partial charge in [0.1, 0.15) is 0 Å². The van der Waals surface area contributed by atoms with Crippen molar-refractivity contribution in [2.45, 2.75) is 50.6 Å². The van der Waals surface area contributed by atoms with Gasteiger partial charge in [-0.1, -0.05) is 18.6 Å². The zero-order chi connectivity index (χ0) is 24.6. The lowest BCUT2D eigenvalue weighted by Gasteiger charge is -2.43. The molecule has 9 heteroatoms. The van der Waals surface area contributed by atoms with E-state index in [4.69, 9.17) is 14.7 Å². The maximum Gasteiger partial charge on any atom is 0.162 e. The number of nitrogens with zero attached hydrogens (tertiary/aromatic N) is 5. The molecule has 37 heavy (non-hydrogen) atoms. The molecule has 3 saturated heterocycles. The van der Waals surface area contributed by atoms with Gasteiger partial charge in [0, 0.05) is 41.0 Å². The number of anilines is 1. The molecule has 1 atom stereocenters. The largest absolute Gasteiger partial charge is 0.378 e. The predicted octanol–water partition coefficient (Wildman–Crippen LogP) is 4.22. The van der Waals surface area contributed by atoms with E-state index in [1.165, 1.54) is 48.2 Å². The molecule has 6 heterocycles. The first-order valence-electron chi connectivity index (χ1n) is 13.9. The highest BCUT2D eigenvalue weighted by Crippen LogP contribution is 2.37. The van der Waals surface area contributed by atoms with E-state index in [9.17, 15) is 0 Å². The zero-order valence-corrected chi connectivity index (χ0v) is 22.1. The summed E-state index contributed by atoms with van der Waals surface area (Å²) in [6.45, 7) is 6.76. The summed E-state index contributed by atoms with van der Waals surface area (Å²) in [4.78, 5) is 17.0. The van der Waals surface area contributed by atoms with Crippen LogP contribution in [-0.2, 0) is 11.2 Å². The number of nitrogens with one attached hydrogen (secondary N) is 2. The number of benzene rings is 1. The van der Waals surface area contributed by atoms with Crippen LogP contribution in [0, 0.1) is 0 Å². The summed E-state index contributed by atoms with van der Waals surface area (Å²) in [6.07, 6.45) is 9.52. The Morgan fingerprint density at radius 1 is 1.03 bits per heavy atom. The molecule has 0 bridgehead atoms. The second kappa shape index (κ2) is 10.3. The molecule has 0 radical (unpaired) electrons. The van der Waals surface area contributed by atoms with Crippen molar-refractivity contribution < 1.29 is 4.74 Å². The smallest absolute Gasteiger partial charge is 0.162 e. The summed E-state index contributed by atoms with van der Waals surface area (Å²) in [6, 6.07) is 9.91. The third-order valence-corrected chi connectivity index (χ3v) is 9.47. The van der Waals surface area contributed by atoms with Gasteiger partial charge in [0.15, 0.2) is 11.6 Å². The third kappa shape index (κ3) is 4.63. The molecule has 4 aromatic rings. The first-order chi connectivity index (χ1) is 18.3. The van der Waals surface area contributed by atoms with Crippen molar-refractivity contribution in [3.05, 3.63) is 35.3 Å². The van der Waals surface area contributed by atoms with E-state index in [2.05, 4.69) is 43.5 Å². The standard InChI is InChI=1S/C28H35N7OS/c1-2-11-35(19-7-9-29-10-8-19)20(4-1)16-21-17-25-26(37-21)28(34-12-14-36-15-13-34)32-27(31-25)22-5-3-6-24-23(22)18-30-33-24/h3,5-6,17-20,29H,1-2,4,7-16H2,(H,30,33)/t20-/m1/s1. The van der Waals surface area contributed by atoms with Crippen LogP contribution < -0.4 is 10.2 Å². The molecule has 2 N–H and O–H groups in total. The highest BCUT2D eigenvalue weighted by atomic mass is 32.1. The topological polar surface area (TPSA) is 82.2 Å². The van der Waals surface area contributed by atoms with E-state index in [0.29, 0.717) is 6.04 Å². The highest BCUT2D eigenvalue weighted by molar-refractivity contribution is 7.19. The van der Waals surface area contributed by atoms with Gasteiger partial charge >= 0.3 is 0 Å². The number of piperidine rings is 2. The number of hydrogen-bond acceptors (Lipinski definition) is 8. The Kier molecular flexibility index (Phi) is 6.54. The molecule has 3 aromatic heterocycles. The maximum atomic E-state index is 5.67. The van der Waals surface area contributed by atoms with Crippen molar-refractivity contribution in [3.8, 4) is 11.4 Å². The quantitative estimate of drug-likeness (QED) is 0.410. The van der Waals surface area contributed by atoms with E-state index in [1.54, 1.807) is 0 Å². The molecule has 7 rings (SSSR count). The van der Waals surface area contributed by atoms with E-state index in [0.717, 1.165) is 85.5 Å². The molecule has 0 spiro atoms. The van der Waals surface area contributed by atoms with Gasteiger partial charge in [-0.3, -0.25) is 10.00 Å². The fraction of sp³-hybridized carbons (Fsp3) is 0.536. The lowest BCUT2D eigenvalue weighted by atomic mass is 9.93. The molecular weight excluding hydrogens is 482 g/mol. The number of fused-ring (bicyclic) bond motifs is 2. The Balaban J connectivity index is 1.26. The van der Waals surface area contributed by atoms with Gasteiger partial charge in [-0.25, -0.2) is 9.97 Å². The van der Waals surface area contributed by atoms with Crippen LogP contribution in [0.15, 0.2) is 30.5 Å². The molecule has 194 valence electrons. The van der Waals surface area contributed by atoms with Crippen molar-refractivity contribution in [1.29, 1.82) is 0 Å². The molecule has 8 nitrogen and oxygen atoms in total. The van der Waals surface area contributed by atoms with E-state index in [1.807, 2.05) is 23.6 Å². The Labute approximate surface area is 221 Å². The summed E-state index contributed by atoms with van der Waals surface area (Å²) in [5.74, 6) is 1.83. The average Bonchev–Trinajstić information content (AvgIpc) is 3.60. The van der Waals surface area contributed by atoms with Crippen molar-refractivity contribution in [2.24, 2.45) is 0 Å². The number of H-pyrrole nitrogens is 1. The predicted molar refractivity (Wildman–Crippen MR) is 149 cm³/mol. The monoisotopic (exact) mass is 517 g/mol. The summed E-state index contributed by atoms with van der Waals surface area (Å²) < 4.78 is 6.88. The number of hydrogen-bond donors (Lipinski definition) is 2. The van der Waals surface area contributed by atoms with Crippen LogP contribution in [0.5, 0.6) is 0 Å². The van der Waals surface area contributed by atoms with Crippen LogP contribution in [0.4, 0.5) is 5.82 Å². The van der Waals surface area contributed by atoms with Crippen LogP contribution >= 0.6 is 11.3 Å². The van der Waals surface area contributed by atoms with Crippen molar-refractivity contribution >= 4 is 38.3 Å². The van der Waals surface area contributed by atoms with Gasteiger partial charge in [0.25, 0.3) is 0 Å². The van der Waals surface area contributed by atoms with Crippen LogP contribution in [0.2, 0.25) is 0 Å². The number of aromatic amines is 1. The number of rotatable bonds is 5. The number of ether oxygens (including phenoxy) is 1. The zero-order valence-electron chi connectivity index (χ0n) is 21.3. The van der Waals surface area contributed by atoms with E-state index < -0.39 is 0 Å². The van der Waals surface area contributed by atoms with Crippen molar-refractivity contribution in [3.63, 3.8) is 0 Å². The van der Waals surface area contributed by atoms with Crippen LogP contribution in [0.1, 0.15) is 37.0 Å². The minimum atomic E-state index is 0.629. The average molecular weight is 518 g/mol. The SMILES string of the molecule is c1cc(-c2nc(N3CCOCC3)c3sc(C[C@H]4CCCCN4C4CCNCC4)cc3n2)c2cn[nH]c2c1. The fourth-order valence-corrected chi connectivity index (χ4v) is 7.61. The van der Waals surface area contributed by atoms with Gasteiger partial charge in [0.2, 0.25) is 0 Å². The second-order valence-electron chi connectivity index (χ2n) is 10.6. The fourth-order valence-electron chi connectivity index (χ4n) is 6.43.